The minimum Gasteiger partial charge on any atom is -0.333 e. The minimum absolute atomic E-state index is 0.434. The third-order valence-corrected chi connectivity index (χ3v) is 4.82. The number of aromatic nitrogens is 2. The molecule has 0 atom stereocenters. The molecule has 0 unspecified atom stereocenters. The maximum absolute atomic E-state index is 8.86. The normalized spacial score (nSPS) is 17.4. The van der Waals surface area contributed by atoms with Crippen molar-refractivity contribution in [1.82, 2.24) is 10.1 Å². The van der Waals surface area contributed by atoms with Crippen LogP contribution in [0.15, 0.2) is 16.7 Å². The van der Waals surface area contributed by atoms with Crippen molar-refractivity contribution < 1.29 is 4.52 Å². The first kappa shape index (κ1) is 13.3. The van der Waals surface area contributed by atoms with Crippen LogP contribution in [0.1, 0.15) is 61.6 Å². The Balaban J connectivity index is 1.76. The Morgan fingerprint density at radius 2 is 1.90 bits per heavy atom. The summed E-state index contributed by atoms with van der Waals surface area (Å²) in [6.07, 6.45) is 8.82. The van der Waals surface area contributed by atoms with Gasteiger partial charge in [-0.3, -0.25) is 0 Å². The molecule has 2 aromatic rings. The standard InChI is InChI=1S/C15H17N3OS/c16-10-12-8-9-13(20-12)15-17-14(18-19-15)11-6-4-2-1-3-5-7-11/h8-9,11H,1-7H2. The predicted molar refractivity (Wildman–Crippen MR) is 77.4 cm³/mol. The average Bonchev–Trinajstić information content (AvgIpc) is 3.06. The second-order valence-corrected chi connectivity index (χ2v) is 6.36. The van der Waals surface area contributed by atoms with E-state index in [0.717, 1.165) is 23.5 Å². The quantitative estimate of drug-likeness (QED) is 0.816. The molecule has 20 heavy (non-hydrogen) atoms. The number of hydrogen-bond donors (Lipinski definition) is 0. The van der Waals surface area contributed by atoms with E-state index in [2.05, 4.69) is 16.2 Å². The van der Waals surface area contributed by atoms with Crippen molar-refractivity contribution in [3.8, 4) is 16.8 Å². The molecule has 0 aromatic carbocycles. The van der Waals surface area contributed by atoms with E-state index in [1.807, 2.05) is 6.07 Å². The molecule has 0 radical (unpaired) electrons. The molecule has 0 amide bonds. The van der Waals surface area contributed by atoms with Gasteiger partial charge < -0.3 is 4.52 Å². The first-order valence-corrected chi connectivity index (χ1v) is 8.02. The number of hydrogen-bond acceptors (Lipinski definition) is 5. The molecule has 0 bridgehead atoms. The lowest BCUT2D eigenvalue weighted by molar-refractivity contribution is 0.393. The van der Waals surface area contributed by atoms with Gasteiger partial charge in [-0.05, 0) is 25.0 Å². The first-order chi connectivity index (χ1) is 9.86. The fourth-order valence-electron chi connectivity index (χ4n) is 2.73. The Morgan fingerprint density at radius 3 is 2.60 bits per heavy atom. The van der Waals surface area contributed by atoms with Crippen molar-refractivity contribution in [3.05, 3.63) is 22.8 Å². The highest BCUT2D eigenvalue weighted by atomic mass is 32.1. The topological polar surface area (TPSA) is 62.7 Å². The molecule has 2 aromatic heterocycles. The van der Waals surface area contributed by atoms with Gasteiger partial charge in [0.2, 0.25) is 0 Å². The van der Waals surface area contributed by atoms with Gasteiger partial charge in [0.05, 0.1) is 4.88 Å². The van der Waals surface area contributed by atoms with E-state index >= 15 is 0 Å². The highest BCUT2D eigenvalue weighted by Gasteiger charge is 2.20. The Morgan fingerprint density at radius 1 is 1.15 bits per heavy atom. The molecule has 104 valence electrons. The molecular formula is C15H17N3OS. The number of nitriles is 1. The number of nitrogens with zero attached hydrogens (tertiary/aromatic N) is 3. The van der Waals surface area contributed by atoms with Crippen molar-refractivity contribution in [2.75, 3.05) is 0 Å². The molecule has 1 saturated carbocycles. The van der Waals surface area contributed by atoms with Crippen molar-refractivity contribution in [1.29, 1.82) is 5.26 Å². The highest BCUT2D eigenvalue weighted by Crippen LogP contribution is 2.32. The lowest BCUT2D eigenvalue weighted by Gasteiger charge is -2.15. The van der Waals surface area contributed by atoms with Crippen molar-refractivity contribution in [3.63, 3.8) is 0 Å². The van der Waals surface area contributed by atoms with Crippen LogP contribution in [0.4, 0.5) is 0 Å². The minimum atomic E-state index is 0.434. The van der Waals surface area contributed by atoms with Gasteiger partial charge in [-0.15, -0.1) is 11.3 Å². The highest BCUT2D eigenvalue weighted by molar-refractivity contribution is 7.15. The van der Waals surface area contributed by atoms with Crippen LogP contribution in [0.2, 0.25) is 0 Å². The van der Waals surface area contributed by atoms with Crippen LogP contribution >= 0.6 is 11.3 Å². The third-order valence-electron chi connectivity index (χ3n) is 3.84. The summed E-state index contributed by atoms with van der Waals surface area (Å²) in [6.45, 7) is 0. The Labute approximate surface area is 122 Å². The van der Waals surface area contributed by atoms with E-state index in [9.17, 15) is 0 Å². The van der Waals surface area contributed by atoms with E-state index in [1.54, 1.807) is 6.07 Å². The van der Waals surface area contributed by atoms with Gasteiger partial charge in [-0.25, -0.2) is 0 Å². The molecule has 0 saturated heterocycles. The molecule has 2 heterocycles. The third kappa shape index (κ3) is 2.91. The van der Waals surface area contributed by atoms with Gasteiger partial charge in [-0.1, -0.05) is 37.3 Å². The van der Waals surface area contributed by atoms with E-state index < -0.39 is 0 Å². The maximum atomic E-state index is 8.86. The summed E-state index contributed by atoms with van der Waals surface area (Å²) in [5.74, 6) is 1.82. The van der Waals surface area contributed by atoms with Crippen LogP contribution < -0.4 is 0 Å². The average molecular weight is 287 g/mol. The van der Waals surface area contributed by atoms with E-state index in [0.29, 0.717) is 16.7 Å². The van der Waals surface area contributed by atoms with Crippen molar-refractivity contribution in [2.45, 2.75) is 50.9 Å². The molecule has 3 rings (SSSR count). The zero-order valence-corrected chi connectivity index (χ0v) is 12.2. The molecule has 0 N–H and O–H groups in total. The van der Waals surface area contributed by atoms with Gasteiger partial charge in [0, 0.05) is 5.92 Å². The van der Waals surface area contributed by atoms with Crippen molar-refractivity contribution in [2.24, 2.45) is 0 Å². The van der Waals surface area contributed by atoms with Gasteiger partial charge in [0.15, 0.2) is 5.82 Å². The van der Waals surface area contributed by atoms with Crippen LogP contribution in [0.3, 0.4) is 0 Å². The van der Waals surface area contributed by atoms with E-state index in [1.165, 1.54) is 43.4 Å². The fraction of sp³-hybridized carbons (Fsp3) is 0.533. The largest absolute Gasteiger partial charge is 0.333 e. The fourth-order valence-corrected chi connectivity index (χ4v) is 3.45. The molecule has 0 spiro atoms. The van der Waals surface area contributed by atoms with Crippen LogP contribution in [-0.2, 0) is 0 Å². The lowest BCUT2D eigenvalue weighted by atomic mass is 9.91. The van der Waals surface area contributed by atoms with Crippen LogP contribution in [-0.4, -0.2) is 10.1 Å². The summed E-state index contributed by atoms with van der Waals surface area (Å²) in [7, 11) is 0. The monoisotopic (exact) mass is 287 g/mol. The Kier molecular flexibility index (Phi) is 4.12. The Bertz CT molecular complexity index is 603. The van der Waals surface area contributed by atoms with Crippen LogP contribution in [0, 0.1) is 11.3 Å². The molecule has 0 aliphatic heterocycles. The molecule has 4 nitrogen and oxygen atoms in total. The van der Waals surface area contributed by atoms with Gasteiger partial charge >= 0.3 is 0 Å². The number of thiophene rings is 1. The smallest absolute Gasteiger partial charge is 0.268 e. The van der Waals surface area contributed by atoms with Crippen LogP contribution in [0.5, 0.6) is 0 Å². The summed E-state index contributed by atoms with van der Waals surface area (Å²) >= 11 is 1.40. The molecular weight excluding hydrogens is 270 g/mol. The summed E-state index contributed by atoms with van der Waals surface area (Å²) in [4.78, 5) is 6.10. The van der Waals surface area contributed by atoms with Gasteiger partial charge in [0.25, 0.3) is 5.89 Å². The summed E-state index contributed by atoms with van der Waals surface area (Å²) in [5, 5.41) is 13.0. The van der Waals surface area contributed by atoms with Crippen molar-refractivity contribution >= 4 is 11.3 Å². The summed E-state index contributed by atoms with van der Waals surface area (Å²) in [6, 6.07) is 5.80. The molecule has 5 heteroatoms. The van der Waals surface area contributed by atoms with Gasteiger partial charge in [-0.2, -0.15) is 10.2 Å². The molecule has 1 aliphatic carbocycles. The number of rotatable bonds is 2. The second-order valence-electron chi connectivity index (χ2n) is 5.28. The summed E-state index contributed by atoms with van der Waals surface area (Å²) < 4.78 is 5.37. The summed E-state index contributed by atoms with van der Waals surface area (Å²) in [5.41, 5.74) is 0. The predicted octanol–water partition coefficient (Wildman–Crippen LogP) is 4.50. The van der Waals surface area contributed by atoms with Crippen LogP contribution in [0.25, 0.3) is 10.8 Å². The van der Waals surface area contributed by atoms with E-state index in [4.69, 9.17) is 9.78 Å². The molecule has 1 aliphatic rings. The SMILES string of the molecule is N#Cc1ccc(-c2nc(C3CCCCCCC3)no2)s1. The Hall–Kier alpha value is -1.67. The zero-order chi connectivity index (χ0) is 13.8. The van der Waals surface area contributed by atoms with E-state index in [-0.39, 0.29) is 0 Å². The maximum Gasteiger partial charge on any atom is 0.268 e. The first-order valence-electron chi connectivity index (χ1n) is 7.21. The lowest BCUT2D eigenvalue weighted by Crippen LogP contribution is -2.04. The second kappa shape index (κ2) is 6.19. The van der Waals surface area contributed by atoms with Gasteiger partial charge in [0.1, 0.15) is 10.9 Å². The molecule has 1 fully saturated rings. The zero-order valence-electron chi connectivity index (χ0n) is 11.3.